The fourth-order valence-corrected chi connectivity index (χ4v) is 3.88. The maximum absolute atomic E-state index is 13.7. The molecule has 116 valence electrons. The van der Waals surface area contributed by atoms with Gasteiger partial charge in [0.2, 0.25) is 10.0 Å². The summed E-state index contributed by atoms with van der Waals surface area (Å²) in [6.07, 6.45) is 1.43. The second-order valence-electron chi connectivity index (χ2n) is 5.18. The highest BCUT2D eigenvalue weighted by atomic mass is 32.2. The topological polar surface area (TPSA) is 74.7 Å². The molecular weight excluding hydrogens is 297 g/mol. The van der Waals surface area contributed by atoms with E-state index in [2.05, 4.69) is 0 Å². The molecule has 7 heteroatoms. The van der Waals surface area contributed by atoms with Crippen LogP contribution in [-0.2, 0) is 21.4 Å². The Bertz CT molecular complexity index is 613. The van der Waals surface area contributed by atoms with Crippen LogP contribution in [0.3, 0.4) is 0 Å². The third-order valence-electron chi connectivity index (χ3n) is 3.39. The van der Waals surface area contributed by atoms with Crippen molar-refractivity contribution in [1.29, 1.82) is 0 Å². The molecule has 1 aliphatic rings. The number of carboxylic acid groups (broad SMARTS) is 1. The van der Waals surface area contributed by atoms with Gasteiger partial charge in [0.15, 0.2) is 0 Å². The molecule has 1 N–H and O–H groups in total. The zero-order valence-electron chi connectivity index (χ0n) is 11.5. The highest BCUT2D eigenvalue weighted by Crippen LogP contribution is 2.31. The van der Waals surface area contributed by atoms with Crippen LogP contribution in [0.2, 0.25) is 0 Å². The van der Waals surface area contributed by atoms with E-state index in [0.29, 0.717) is 5.56 Å². The number of carboxylic acids is 1. The van der Waals surface area contributed by atoms with Crippen LogP contribution in [0.5, 0.6) is 0 Å². The summed E-state index contributed by atoms with van der Waals surface area (Å²) < 4.78 is 39.6. The van der Waals surface area contributed by atoms with E-state index in [1.165, 1.54) is 10.4 Å². The van der Waals surface area contributed by atoms with Gasteiger partial charge in [0.25, 0.3) is 0 Å². The Morgan fingerprint density at radius 3 is 2.57 bits per heavy atom. The Hall–Kier alpha value is -1.47. The number of aliphatic carboxylic acids is 1. The maximum atomic E-state index is 13.7. The molecule has 0 saturated heterocycles. The zero-order chi connectivity index (χ0) is 15.5. The number of benzene rings is 1. The molecule has 0 heterocycles. The number of nitrogens with zero attached hydrogens (tertiary/aromatic N) is 1. The van der Waals surface area contributed by atoms with Crippen molar-refractivity contribution in [3.63, 3.8) is 0 Å². The van der Waals surface area contributed by atoms with Gasteiger partial charge in [0, 0.05) is 24.6 Å². The van der Waals surface area contributed by atoms with Crippen LogP contribution in [0.1, 0.15) is 31.2 Å². The highest BCUT2D eigenvalue weighted by molar-refractivity contribution is 7.89. The summed E-state index contributed by atoms with van der Waals surface area (Å²) in [5.41, 5.74) is 0.339. The minimum Gasteiger partial charge on any atom is -0.481 e. The minimum absolute atomic E-state index is 0.00669. The second kappa shape index (κ2) is 6.53. The zero-order valence-corrected chi connectivity index (χ0v) is 12.4. The lowest BCUT2D eigenvalue weighted by Gasteiger charge is -2.22. The third kappa shape index (κ3) is 4.50. The van der Waals surface area contributed by atoms with Crippen molar-refractivity contribution < 1.29 is 22.7 Å². The molecule has 5 nitrogen and oxygen atoms in total. The summed E-state index contributed by atoms with van der Waals surface area (Å²) in [6, 6.07) is 6.01. The fourth-order valence-electron chi connectivity index (χ4n) is 2.13. The van der Waals surface area contributed by atoms with E-state index < -0.39 is 21.8 Å². The largest absolute Gasteiger partial charge is 0.481 e. The summed E-state index contributed by atoms with van der Waals surface area (Å²) in [5, 5.41) is 8.58. The Morgan fingerprint density at radius 1 is 1.33 bits per heavy atom. The molecule has 0 unspecified atom stereocenters. The molecule has 1 aromatic rings. The first-order valence-electron chi connectivity index (χ1n) is 6.85. The first kappa shape index (κ1) is 15.9. The molecule has 1 saturated carbocycles. The molecule has 0 aliphatic heterocycles. The van der Waals surface area contributed by atoms with Crippen molar-refractivity contribution in [3.8, 4) is 0 Å². The second-order valence-corrected chi connectivity index (χ2v) is 7.22. The van der Waals surface area contributed by atoms with Crippen molar-refractivity contribution in [2.75, 3.05) is 5.75 Å². The van der Waals surface area contributed by atoms with Crippen LogP contribution in [0.15, 0.2) is 24.3 Å². The first-order valence-corrected chi connectivity index (χ1v) is 8.46. The number of carbonyl (C=O) groups is 1. The van der Waals surface area contributed by atoms with Gasteiger partial charge in [-0.1, -0.05) is 18.2 Å². The number of rotatable bonds is 8. The lowest BCUT2D eigenvalue weighted by molar-refractivity contribution is -0.137. The van der Waals surface area contributed by atoms with Crippen molar-refractivity contribution in [3.05, 3.63) is 35.6 Å². The Kier molecular flexibility index (Phi) is 4.95. The predicted octanol–water partition coefficient (Wildman–Crippen LogP) is 1.98. The van der Waals surface area contributed by atoms with Gasteiger partial charge >= 0.3 is 5.97 Å². The SMILES string of the molecule is O=C(O)CCCS(=O)(=O)N(Cc1ccccc1F)C1CC1. The van der Waals surface area contributed by atoms with E-state index >= 15 is 0 Å². The molecule has 1 fully saturated rings. The summed E-state index contributed by atoms with van der Waals surface area (Å²) >= 11 is 0. The first-order chi connectivity index (χ1) is 9.90. The maximum Gasteiger partial charge on any atom is 0.303 e. The van der Waals surface area contributed by atoms with Crippen LogP contribution in [0.25, 0.3) is 0 Å². The van der Waals surface area contributed by atoms with Gasteiger partial charge in [-0.15, -0.1) is 0 Å². The monoisotopic (exact) mass is 315 g/mol. The Labute approximate surface area is 123 Å². The van der Waals surface area contributed by atoms with Gasteiger partial charge in [-0.05, 0) is 25.3 Å². The average molecular weight is 315 g/mol. The Balaban J connectivity index is 2.08. The molecule has 0 amide bonds. The van der Waals surface area contributed by atoms with E-state index in [-0.39, 0.29) is 31.2 Å². The molecule has 0 bridgehead atoms. The van der Waals surface area contributed by atoms with Gasteiger partial charge < -0.3 is 5.11 Å². The molecule has 0 spiro atoms. The lowest BCUT2D eigenvalue weighted by atomic mass is 10.2. The fraction of sp³-hybridized carbons (Fsp3) is 0.500. The molecule has 1 aliphatic carbocycles. The number of hydrogen-bond donors (Lipinski definition) is 1. The normalized spacial score (nSPS) is 15.3. The highest BCUT2D eigenvalue weighted by Gasteiger charge is 2.37. The van der Waals surface area contributed by atoms with Crippen LogP contribution in [0.4, 0.5) is 4.39 Å². The molecule has 21 heavy (non-hydrogen) atoms. The van der Waals surface area contributed by atoms with Gasteiger partial charge in [-0.25, -0.2) is 12.8 Å². The summed E-state index contributed by atoms with van der Waals surface area (Å²) in [4.78, 5) is 10.5. The van der Waals surface area contributed by atoms with Crippen LogP contribution >= 0.6 is 0 Å². The quantitative estimate of drug-likeness (QED) is 0.796. The van der Waals surface area contributed by atoms with Crippen molar-refractivity contribution in [2.24, 2.45) is 0 Å². The summed E-state index contributed by atoms with van der Waals surface area (Å²) in [6.45, 7) is 0.00669. The van der Waals surface area contributed by atoms with Crippen molar-refractivity contribution >= 4 is 16.0 Å². The van der Waals surface area contributed by atoms with Gasteiger partial charge in [-0.2, -0.15) is 4.31 Å². The minimum atomic E-state index is -3.57. The van der Waals surface area contributed by atoms with E-state index in [1.54, 1.807) is 18.2 Å². The number of hydrogen-bond acceptors (Lipinski definition) is 3. The summed E-state index contributed by atoms with van der Waals surface area (Å²) in [7, 11) is -3.57. The number of sulfonamides is 1. The van der Waals surface area contributed by atoms with Crippen molar-refractivity contribution in [2.45, 2.75) is 38.3 Å². The lowest BCUT2D eigenvalue weighted by Crippen LogP contribution is -2.35. The van der Waals surface area contributed by atoms with Gasteiger partial charge in [0.05, 0.1) is 5.75 Å². The smallest absolute Gasteiger partial charge is 0.303 e. The van der Waals surface area contributed by atoms with E-state index in [4.69, 9.17) is 5.11 Å². The average Bonchev–Trinajstić information content (AvgIpc) is 3.21. The molecule has 2 rings (SSSR count). The molecule has 0 aromatic heterocycles. The Morgan fingerprint density at radius 2 is 2.00 bits per heavy atom. The van der Waals surface area contributed by atoms with E-state index in [1.807, 2.05) is 0 Å². The van der Waals surface area contributed by atoms with Gasteiger partial charge in [0.1, 0.15) is 5.82 Å². The van der Waals surface area contributed by atoms with Crippen LogP contribution < -0.4 is 0 Å². The van der Waals surface area contributed by atoms with E-state index in [0.717, 1.165) is 12.8 Å². The standard InChI is InChI=1S/C14H18FNO4S/c15-13-5-2-1-4-11(13)10-16(12-7-8-12)21(19,20)9-3-6-14(17)18/h1-2,4-5,12H,3,6-10H2,(H,17,18). The van der Waals surface area contributed by atoms with Gasteiger partial charge in [-0.3, -0.25) is 4.79 Å². The van der Waals surface area contributed by atoms with Crippen LogP contribution in [-0.4, -0.2) is 35.6 Å². The van der Waals surface area contributed by atoms with E-state index in [9.17, 15) is 17.6 Å². The molecule has 0 atom stereocenters. The number of halogens is 1. The third-order valence-corrected chi connectivity index (χ3v) is 5.33. The molecular formula is C14H18FNO4S. The molecule has 1 aromatic carbocycles. The predicted molar refractivity (Wildman–Crippen MR) is 75.6 cm³/mol. The summed E-state index contributed by atoms with van der Waals surface area (Å²) in [5.74, 6) is -1.66. The molecule has 0 radical (unpaired) electrons. The van der Waals surface area contributed by atoms with Crippen LogP contribution in [0, 0.1) is 5.82 Å². The van der Waals surface area contributed by atoms with Crippen molar-refractivity contribution in [1.82, 2.24) is 4.31 Å².